The average Bonchev–Trinajstić information content (AvgIpc) is 2.40. The van der Waals surface area contributed by atoms with Crippen LogP contribution in [0, 0.1) is 5.41 Å². The first-order valence-corrected chi connectivity index (χ1v) is 7.49. The van der Waals surface area contributed by atoms with Crippen LogP contribution in [0.4, 0.5) is 0 Å². The monoisotopic (exact) mass is 270 g/mol. The predicted octanol–water partition coefficient (Wildman–Crippen LogP) is 2.62. The zero-order chi connectivity index (χ0) is 15.1. The molecule has 0 saturated heterocycles. The predicted molar refractivity (Wildman–Crippen MR) is 78.8 cm³/mol. The largest absolute Gasteiger partial charge is 0.353 e. The van der Waals surface area contributed by atoms with Crippen LogP contribution in [0.5, 0.6) is 0 Å². The number of nitrogens with one attached hydrogen (secondary N) is 2. The lowest BCUT2D eigenvalue weighted by Gasteiger charge is -2.31. The molecule has 0 aromatic heterocycles. The van der Waals surface area contributed by atoms with Crippen molar-refractivity contribution < 1.29 is 9.59 Å². The van der Waals surface area contributed by atoms with Gasteiger partial charge in [0.25, 0.3) is 0 Å². The molecule has 0 radical (unpaired) electrons. The highest BCUT2D eigenvalue weighted by molar-refractivity contribution is 6.05. The molecule has 0 heterocycles. The first-order valence-electron chi connectivity index (χ1n) is 7.49. The summed E-state index contributed by atoms with van der Waals surface area (Å²) < 4.78 is 0. The minimum absolute atomic E-state index is 0.0985. The maximum Gasteiger partial charge on any atom is 0.235 e. The Bertz CT molecular complexity index is 273. The molecule has 2 N–H and O–H groups in total. The molecule has 112 valence electrons. The number of amides is 2. The Morgan fingerprint density at radius 3 is 1.37 bits per heavy atom. The standard InChI is InChI=1S/C15H30N2O2/c1-7-11(5)16-13(18)15(9-3,10-4)14(19)17-12(6)8-2/h11-12H,7-10H2,1-6H3,(H,16,18)(H,17,19)/t11-,12-/m0/s1. The zero-order valence-corrected chi connectivity index (χ0v) is 13.3. The van der Waals surface area contributed by atoms with Crippen molar-refractivity contribution in [2.45, 2.75) is 79.3 Å². The molecular formula is C15H30N2O2. The smallest absolute Gasteiger partial charge is 0.235 e. The molecule has 2 atom stereocenters. The van der Waals surface area contributed by atoms with Crippen LogP contribution in [0.2, 0.25) is 0 Å². The Morgan fingerprint density at radius 1 is 0.842 bits per heavy atom. The topological polar surface area (TPSA) is 58.2 Å². The number of hydrogen-bond donors (Lipinski definition) is 2. The van der Waals surface area contributed by atoms with Crippen molar-refractivity contribution >= 4 is 11.8 Å². The summed E-state index contributed by atoms with van der Waals surface area (Å²) in [5.41, 5.74) is -0.938. The highest BCUT2D eigenvalue weighted by atomic mass is 16.2. The third-order valence-corrected chi connectivity index (χ3v) is 4.06. The van der Waals surface area contributed by atoms with Crippen molar-refractivity contribution in [2.24, 2.45) is 5.41 Å². The van der Waals surface area contributed by atoms with Crippen molar-refractivity contribution in [1.82, 2.24) is 10.6 Å². The molecule has 19 heavy (non-hydrogen) atoms. The van der Waals surface area contributed by atoms with E-state index in [-0.39, 0.29) is 23.9 Å². The van der Waals surface area contributed by atoms with Gasteiger partial charge in [-0.05, 0) is 39.5 Å². The van der Waals surface area contributed by atoms with Crippen molar-refractivity contribution in [1.29, 1.82) is 0 Å². The first kappa shape index (κ1) is 17.9. The minimum Gasteiger partial charge on any atom is -0.353 e. The molecule has 4 nitrogen and oxygen atoms in total. The molecule has 4 heteroatoms. The van der Waals surface area contributed by atoms with E-state index in [0.29, 0.717) is 12.8 Å². The fourth-order valence-electron chi connectivity index (χ4n) is 1.92. The summed E-state index contributed by atoms with van der Waals surface area (Å²) in [7, 11) is 0. The van der Waals surface area contributed by atoms with Crippen molar-refractivity contribution in [2.75, 3.05) is 0 Å². The highest BCUT2D eigenvalue weighted by Crippen LogP contribution is 2.27. The van der Waals surface area contributed by atoms with Gasteiger partial charge in [-0.25, -0.2) is 0 Å². The molecule has 0 aliphatic carbocycles. The summed E-state index contributed by atoms with van der Waals surface area (Å²) in [6.07, 6.45) is 2.77. The molecule has 0 spiro atoms. The van der Waals surface area contributed by atoms with Crippen LogP contribution in [0.25, 0.3) is 0 Å². The second-order valence-corrected chi connectivity index (χ2v) is 5.35. The highest BCUT2D eigenvalue weighted by Gasteiger charge is 2.43. The zero-order valence-electron chi connectivity index (χ0n) is 13.3. The van der Waals surface area contributed by atoms with Gasteiger partial charge < -0.3 is 10.6 Å². The van der Waals surface area contributed by atoms with E-state index < -0.39 is 5.41 Å². The third-order valence-electron chi connectivity index (χ3n) is 4.06. The van der Waals surface area contributed by atoms with Gasteiger partial charge in [-0.1, -0.05) is 27.7 Å². The maximum absolute atomic E-state index is 12.4. The molecule has 0 fully saturated rings. The van der Waals surface area contributed by atoms with Gasteiger partial charge in [-0.3, -0.25) is 9.59 Å². The van der Waals surface area contributed by atoms with E-state index in [2.05, 4.69) is 10.6 Å². The van der Waals surface area contributed by atoms with E-state index >= 15 is 0 Å². The molecule has 0 aliphatic heterocycles. The second-order valence-electron chi connectivity index (χ2n) is 5.35. The minimum atomic E-state index is -0.938. The summed E-state index contributed by atoms with van der Waals surface area (Å²) in [5.74, 6) is -0.291. The first-order chi connectivity index (χ1) is 8.87. The molecule has 0 unspecified atom stereocenters. The molecule has 0 aromatic rings. The van der Waals surface area contributed by atoms with Gasteiger partial charge >= 0.3 is 0 Å². The van der Waals surface area contributed by atoms with Gasteiger partial charge in [0.15, 0.2) is 0 Å². The van der Waals surface area contributed by atoms with Crippen LogP contribution in [-0.4, -0.2) is 23.9 Å². The van der Waals surface area contributed by atoms with Crippen LogP contribution in [0.3, 0.4) is 0 Å². The van der Waals surface area contributed by atoms with E-state index in [9.17, 15) is 9.59 Å². The third kappa shape index (κ3) is 4.51. The van der Waals surface area contributed by atoms with E-state index in [1.54, 1.807) is 0 Å². The second kappa shape index (κ2) is 8.18. The summed E-state index contributed by atoms with van der Waals surface area (Å²) >= 11 is 0. The number of hydrogen-bond acceptors (Lipinski definition) is 2. The quantitative estimate of drug-likeness (QED) is 0.666. The molecule has 0 aliphatic rings. The fraction of sp³-hybridized carbons (Fsp3) is 0.867. The number of carbonyl (C=O) groups excluding carboxylic acids is 2. The summed E-state index contributed by atoms with van der Waals surface area (Å²) in [4.78, 5) is 24.9. The van der Waals surface area contributed by atoms with Crippen molar-refractivity contribution in [3.05, 3.63) is 0 Å². The van der Waals surface area contributed by atoms with Crippen LogP contribution in [0.15, 0.2) is 0 Å². The maximum atomic E-state index is 12.4. The summed E-state index contributed by atoms with van der Waals surface area (Å²) in [6, 6.07) is 0.197. The summed E-state index contributed by atoms with van der Waals surface area (Å²) in [6.45, 7) is 11.8. The van der Waals surface area contributed by atoms with Crippen LogP contribution in [0.1, 0.15) is 67.2 Å². The van der Waals surface area contributed by atoms with E-state index in [0.717, 1.165) is 12.8 Å². The molecule has 0 rings (SSSR count). The Morgan fingerprint density at radius 2 is 1.16 bits per heavy atom. The van der Waals surface area contributed by atoms with Crippen molar-refractivity contribution in [3.63, 3.8) is 0 Å². The number of rotatable bonds is 8. The molecular weight excluding hydrogens is 240 g/mol. The Kier molecular flexibility index (Phi) is 7.72. The van der Waals surface area contributed by atoms with E-state index in [1.807, 2.05) is 41.5 Å². The van der Waals surface area contributed by atoms with Crippen molar-refractivity contribution in [3.8, 4) is 0 Å². The van der Waals surface area contributed by atoms with Crippen LogP contribution >= 0.6 is 0 Å². The number of carbonyl (C=O) groups is 2. The Hall–Kier alpha value is -1.06. The van der Waals surface area contributed by atoms with Gasteiger partial charge in [0.05, 0.1) is 0 Å². The SMILES string of the molecule is CC[C@H](C)NC(=O)C(CC)(CC)C(=O)N[C@@H](C)CC. The van der Waals surface area contributed by atoms with E-state index in [1.165, 1.54) is 0 Å². The fourth-order valence-corrected chi connectivity index (χ4v) is 1.92. The van der Waals surface area contributed by atoms with Crippen LogP contribution < -0.4 is 10.6 Å². The lowest BCUT2D eigenvalue weighted by molar-refractivity contribution is -0.145. The lowest BCUT2D eigenvalue weighted by atomic mass is 9.79. The van der Waals surface area contributed by atoms with Gasteiger partial charge in [0.1, 0.15) is 5.41 Å². The van der Waals surface area contributed by atoms with E-state index in [4.69, 9.17) is 0 Å². The lowest BCUT2D eigenvalue weighted by Crippen LogP contribution is -2.54. The van der Waals surface area contributed by atoms with Gasteiger partial charge in [-0.15, -0.1) is 0 Å². The Labute approximate surface area is 117 Å². The average molecular weight is 270 g/mol. The molecule has 0 bridgehead atoms. The van der Waals surface area contributed by atoms with Crippen LogP contribution in [-0.2, 0) is 9.59 Å². The van der Waals surface area contributed by atoms with Gasteiger partial charge in [0.2, 0.25) is 11.8 Å². The molecule has 2 amide bonds. The normalized spacial score (nSPS) is 14.6. The van der Waals surface area contributed by atoms with Gasteiger partial charge in [-0.2, -0.15) is 0 Å². The van der Waals surface area contributed by atoms with Gasteiger partial charge in [0, 0.05) is 12.1 Å². The molecule has 0 saturated carbocycles. The molecule has 0 aromatic carbocycles. The Balaban J connectivity index is 5.02. The summed E-state index contributed by atoms with van der Waals surface area (Å²) in [5, 5.41) is 5.89.